The molecule has 1 saturated heterocycles. The van der Waals surface area contributed by atoms with E-state index in [2.05, 4.69) is 32.2 Å². The summed E-state index contributed by atoms with van der Waals surface area (Å²) in [4.78, 5) is 6.69. The van der Waals surface area contributed by atoms with Crippen LogP contribution in [-0.4, -0.2) is 50.7 Å². The molecule has 7 heteroatoms. The highest BCUT2D eigenvalue weighted by Crippen LogP contribution is 2.20. The van der Waals surface area contributed by atoms with E-state index in [0.29, 0.717) is 24.0 Å². The number of alkyl halides is 2. The summed E-state index contributed by atoms with van der Waals surface area (Å²) in [7, 11) is 1.70. The number of rotatable bonds is 8. The van der Waals surface area contributed by atoms with Gasteiger partial charge < -0.3 is 20.3 Å². The van der Waals surface area contributed by atoms with E-state index < -0.39 is 6.61 Å². The highest BCUT2D eigenvalue weighted by atomic mass is 19.3. The quantitative estimate of drug-likeness (QED) is 0.557. The van der Waals surface area contributed by atoms with Crippen molar-refractivity contribution in [3.63, 3.8) is 0 Å². The normalized spacial score (nSPS) is 18.6. The van der Waals surface area contributed by atoms with Crippen LogP contribution in [0.2, 0.25) is 0 Å². The molecule has 1 heterocycles. The summed E-state index contributed by atoms with van der Waals surface area (Å²) >= 11 is 0. The van der Waals surface area contributed by atoms with Crippen LogP contribution in [0, 0.1) is 5.92 Å². The van der Waals surface area contributed by atoms with Crippen molar-refractivity contribution in [1.82, 2.24) is 15.5 Å². The van der Waals surface area contributed by atoms with Crippen molar-refractivity contribution in [2.24, 2.45) is 10.9 Å². The molecule has 0 amide bonds. The fourth-order valence-electron chi connectivity index (χ4n) is 3.10. The molecule has 2 rings (SSSR count). The number of hydrogen-bond donors (Lipinski definition) is 2. The molecular formula is C18H28F2N4O. The number of para-hydroxylation sites is 1. The van der Waals surface area contributed by atoms with Gasteiger partial charge >= 0.3 is 6.61 Å². The van der Waals surface area contributed by atoms with Gasteiger partial charge in [0.1, 0.15) is 5.75 Å². The summed E-state index contributed by atoms with van der Waals surface area (Å²) < 4.78 is 29.5. The first-order valence-electron chi connectivity index (χ1n) is 8.82. The number of guanidine groups is 1. The molecule has 1 aliphatic rings. The third kappa shape index (κ3) is 6.49. The standard InChI is InChI=1S/C18H28F2N4O/c1-3-9-24-10-8-14(13-24)11-22-18(21-2)23-12-15-6-4-5-7-16(15)25-17(19)20/h4-7,14,17H,3,8-13H2,1-2H3,(H2,21,22,23). The average Bonchev–Trinajstić information content (AvgIpc) is 3.04. The molecule has 0 aromatic heterocycles. The zero-order valence-electron chi connectivity index (χ0n) is 15.0. The Morgan fingerprint density at radius 1 is 1.36 bits per heavy atom. The van der Waals surface area contributed by atoms with Gasteiger partial charge in [-0.05, 0) is 37.9 Å². The lowest BCUT2D eigenvalue weighted by Gasteiger charge is -2.17. The average molecular weight is 354 g/mol. The largest absolute Gasteiger partial charge is 0.434 e. The van der Waals surface area contributed by atoms with Gasteiger partial charge in [0.25, 0.3) is 0 Å². The van der Waals surface area contributed by atoms with Crippen molar-refractivity contribution in [3.8, 4) is 5.75 Å². The number of nitrogens with one attached hydrogen (secondary N) is 2. The number of aliphatic imine (C=N–C) groups is 1. The predicted octanol–water partition coefficient (Wildman–Crippen LogP) is 2.68. The summed E-state index contributed by atoms with van der Waals surface area (Å²) in [5, 5.41) is 6.49. The molecule has 0 radical (unpaired) electrons. The molecule has 1 aromatic carbocycles. The first-order valence-corrected chi connectivity index (χ1v) is 8.82. The van der Waals surface area contributed by atoms with Crippen LogP contribution in [0.1, 0.15) is 25.3 Å². The Kier molecular flexibility index (Phi) is 7.91. The van der Waals surface area contributed by atoms with Crippen molar-refractivity contribution < 1.29 is 13.5 Å². The van der Waals surface area contributed by atoms with E-state index in [4.69, 9.17) is 0 Å². The molecule has 1 unspecified atom stereocenters. The number of likely N-dealkylation sites (tertiary alicyclic amines) is 1. The second-order valence-electron chi connectivity index (χ2n) is 6.25. The van der Waals surface area contributed by atoms with Crippen LogP contribution in [-0.2, 0) is 6.54 Å². The lowest BCUT2D eigenvalue weighted by molar-refractivity contribution is -0.0504. The summed E-state index contributed by atoms with van der Waals surface area (Å²) in [5.74, 6) is 1.46. The van der Waals surface area contributed by atoms with Crippen molar-refractivity contribution in [3.05, 3.63) is 29.8 Å². The zero-order valence-corrected chi connectivity index (χ0v) is 15.0. The van der Waals surface area contributed by atoms with E-state index in [1.165, 1.54) is 12.8 Å². The van der Waals surface area contributed by atoms with Gasteiger partial charge in [-0.15, -0.1) is 0 Å². The number of nitrogens with zero attached hydrogens (tertiary/aromatic N) is 2. The van der Waals surface area contributed by atoms with E-state index in [1.54, 1.807) is 31.3 Å². The molecule has 0 aliphatic carbocycles. The third-order valence-electron chi connectivity index (χ3n) is 4.33. The summed E-state index contributed by atoms with van der Waals surface area (Å²) in [6.07, 6.45) is 2.37. The molecule has 140 valence electrons. The molecule has 1 aliphatic heterocycles. The molecule has 1 aromatic rings. The van der Waals surface area contributed by atoms with Crippen LogP contribution in [0.5, 0.6) is 5.75 Å². The van der Waals surface area contributed by atoms with Gasteiger partial charge in [0, 0.05) is 32.2 Å². The minimum atomic E-state index is -2.83. The smallest absolute Gasteiger partial charge is 0.387 e. The maximum atomic E-state index is 12.5. The van der Waals surface area contributed by atoms with Crippen LogP contribution in [0.4, 0.5) is 8.78 Å². The Balaban J connectivity index is 1.79. The minimum Gasteiger partial charge on any atom is -0.434 e. The van der Waals surface area contributed by atoms with Crippen molar-refractivity contribution >= 4 is 5.96 Å². The molecule has 0 bridgehead atoms. The second kappa shape index (κ2) is 10.2. The zero-order chi connectivity index (χ0) is 18.1. The predicted molar refractivity (Wildman–Crippen MR) is 96.1 cm³/mol. The van der Waals surface area contributed by atoms with E-state index in [-0.39, 0.29) is 5.75 Å². The van der Waals surface area contributed by atoms with Crippen LogP contribution < -0.4 is 15.4 Å². The molecule has 1 fully saturated rings. The minimum absolute atomic E-state index is 0.187. The Hall–Kier alpha value is -1.89. The molecule has 2 N–H and O–H groups in total. The van der Waals surface area contributed by atoms with E-state index in [9.17, 15) is 8.78 Å². The Morgan fingerprint density at radius 2 is 2.16 bits per heavy atom. The van der Waals surface area contributed by atoms with E-state index in [1.807, 2.05) is 0 Å². The fraction of sp³-hybridized carbons (Fsp3) is 0.611. The van der Waals surface area contributed by atoms with Crippen molar-refractivity contribution in [2.45, 2.75) is 32.9 Å². The monoisotopic (exact) mass is 354 g/mol. The topological polar surface area (TPSA) is 48.9 Å². The molecule has 1 atom stereocenters. The highest BCUT2D eigenvalue weighted by molar-refractivity contribution is 5.79. The van der Waals surface area contributed by atoms with E-state index in [0.717, 1.165) is 26.2 Å². The van der Waals surface area contributed by atoms with Gasteiger partial charge in [0.05, 0.1) is 0 Å². The fourth-order valence-corrected chi connectivity index (χ4v) is 3.10. The summed E-state index contributed by atoms with van der Waals surface area (Å²) in [5.41, 5.74) is 0.667. The van der Waals surface area contributed by atoms with Gasteiger partial charge in [-0.3, -0.25) is 4.99 Å². The third-order valence-corrected chi connectivity index (χ3v) is 4.33. The molecule has 25 heavy (non-hydrogen) atoms. The van der Waals surface area contributed by atoms with Gasteiger partial charge in [-0.25, -0.2) is 0 Å². The van der Waals surface area contributed by atoms with Crippen LogP contribution in [0.25, 0.3) is 0 Å². The van der Waals surface area contributed by atoms with Gasteiger partial charge in [0.15, 0.2) is 5.96 Å². The van der Waals surface area contributed by atoms with Gasteiger partial charge in [-0.1, -0.05) is 25.1 Å². The van der Waals surface area contributed by atoms with Crippen LogP contribution >= 0.6 is 0 Å². The number of ether oxygens (including phenoxy) is 1. The van der Waals surface area contributed by atoms with Crippen LogP contribution in [0.15, 0.2) is 29.3 Å². The number of halogens is 2. The molecule has 0 saturated carbocycles. The number of hydrogen-bond acceptors (Lipinski definition) is 3. The Morgan fingerprint density at radius 3 is 2.88 bits per heavy atom. The molecule has 0 spiro atoms. The summed E-state index contributed by atoms with van der Waals surface area (Å²) in [6, 6.07) is 6.78. The molecular weight excluding hydrogens is 326 g/mol. The second-order valence-corrected chi connectivity index (χ2v) is 6.25. The maximum Gasteiger partial charge on any atom is 0.387 e. The van der Waals surface area contributed by atoms with Crippen LogP contribution in [0.3, 0.4) is 0 Å². The SMILES string of the molecule is CCCN1CCC(CNC(=NC)NCc2ccccc2OC(F)F)C1. The highest BCUT2D eigenvalue weighted by Gasteiger charge is 2.21. The first-order chi connectivity index (χ1) is 12.1. The Bertz CT molecular complexity index is 554. The maximum absolute atomic E-state index is 12.5. The van der Waals surface area contributed by atoms with Crippen molar-refractivity contribution in [2.75, 3.05) is 33.2 Å². The van der Waals surface area contributed by atoms with Gasteiger partial charge in [0.2, 0.25) is 0 Å². The lowest BCUT2D eigenvalue weighted by Crippen LogP contribution is -2.40. The Labute approximate surface area is 148 Å². The first kappa shape index (κ1) is 19.4. The lowest BCUT2D eigenvalue weighted by atomic mass is 10.1. The van der Waals surface area contributed by atoms with E-state index >= 15 is 0 Å². The van der Waals surface area contributed by atoms with Gasteiger partial charge in [-0.2, -0.15) is 8.78 Å². The summed E-state index contributed by atoms with van der Waals surface area (Å²) in [6.45, 7) is 4.03. The number of benzene rings is 1. The van der Waals surface area contributed by atoms with Crippen molar-refractivity contribution in [1.29, 1.82) is 0 Å². The molecule has 5 nitrogen and oxygen atoms in total.